The first-order chi connectivity index (χ1) is 12.6. The highest BCUT2D eigenvalue weighted by molar-refractivity contribution is 6.13. The van der Waals surface area contributed by atoms with E-state index in [1.807, 2.05) is 36.4 Å². The Balaban J connectivity index is 2.00. The Morgan fingerprint density at radius 1 is 1.00 bits per heavy atom. The van der Waals surface area contributed by atoms with E-state index in [-0.39, 0.29) is 11.7 Å². The maximum Gasteiger partial charge on any atom is 0.270 e. The van der Waals surface area contributed by atoms with Gasteiger partial charge in [0.1, 0.15) is 11.8 Å². The van der Waals surface area contributed by atoms with Gasteiger partial charge in [-0.15, -0.1) is 0 Å². The van der Waals surface area contributed by atoms with Gasteiger partial charge in [-0.3, -0.25) is 9.59 Å². The van der Waals surface area contributed by atoms with E-state index in [4.69, 9.17) is 5.73 Å². The number of nitrogens with one attached hydrogen (secondary N) is 1. The Bertz CT molecular complexity index is 949. The fraction of sp³-hybridized carbons (Fsp3) is 0.200. The zero-order valence-corrected chi connectivity index (χ0v) is 13.8. The first kappa shape index (κ1) is 16.0. The molecule has 0 saturated carbocycles. The molecule has 2 amide bonds. The Labute approximate surface area is 150 Å². The largest absolute Gasteiger partial charge is 0.386 e. The highest BCUT2D eigenvalue weighted by Crippen LogP contribution is 2.54. The van der Waals surface area contributed by atoms with Gasteiger partial charge in [0.2, 0.25) is 5.91 Å². The van der Waals surface area contributed by atoms with Gasteiger partial charge in [0, 0.05) is 5.92 Å². The van der Waals surface area contributed by atoms with Crippen LogP contribution in [0, 0.1) is 22.7 Å². The van der Waals surface area contributed by atoms with Crippen molar-refractivity contribution in [3.8, 4) is 6.07 Å². The number of amidine groups is 1. The van der Waals surface area contributed by atoms with Crippen LogP contribution in [0.3, 0.4) is 0 Å². The summed E-state index contributed by atoms with van der Waals surface area (Å²) >= 11 is 0. The predicted octanol–water partition coefficient (Wildman–Crippen LogP) is 1.66. The van der Waals surface area contributed by atoms with Crippen LogP contribution in [-0.4, -0.2) is 17.6 Å². The summed E-state index contributed by atoms with van der Waals surface area (Å²) in [4.78, 5) is 29.7. The topological polar surface area (TPSA) is 108 Å². The van der Waals surface area contributed by atoms with Crippen molar-refractivity contribution in [2.24, 2.45) is 22.1 Å². The number of hydrogen-bond donors (Lipinski definition) is 2. The summed E-state index contributed by atoms with van der Waals surface area (Å²) in [5.74, 6) is -2.53. The minimum absolute atomic E-state index is 0.0428. The summed E-state index contributed by atoms with van der Waals surface area (Å²) in [6, 6.07) is 19.6. The van der Waals surface area contributed by atoms with Crippen molar-refractivity contribution in [3.63, 3.8) is 0 Å². The molecular weight excluding hydrogens is 328 g/mol. The van der Waals surface area contributed by atoms with Crippen molar-refractivity contribution in [1.29, 1.82) is 5.26 Å². The van der Waals surface area contributed by atoms with Crippen molar-refractivity contribution >= 4 is 17.6 Å². The molecule has 2 aliphatic rings. The molecule has 128 valence electrons. The molecule has 2 bridgehead atoms. The number of nitrogens with zero attached hydrogens (tertiary/aromatic N) is 2. The van der Waals surface area contributed by atoms with E-state index in [0.29, 0.717) is 5.56 Å². The number of nitrogens with two attached hydrogens (primary N) is 1. The lowest BCUT2D eigenvalue weighted by Gasteiger charge is -2.48. The lowest BCUT2D eigenvalue weighted by atomic mass is 9.57. The molecule has 0 radical (unpaired) electrons. The normalized spacial score (nSPS) is 30.1. The van der Waals surface area contributed by atoms with E-state index < -0.39 is 29.2 Å². The minimum atomic E-state index is -1.55. The van der Waals surface area contributed by atoms with E-state index in [1.165, 1.54) is 0 Å². The van der Waals surface area contributed by atoms with Crippen LogP contribution in [0.15, 0.2) is 65.7 Å². The van der Waals surface area contributed by atoms with Crippen molar-refractivity contribution in [2.75, 3.05) is 0 Å². The van der Waals surface area contributed by atoms with Crippen molar-refractivity contribution < 1.29 is 9.59 Å². The third-order valence-electron chi connectivity index (χ3n) is 5.23. The van der Waals surface area contributed by atoms with E-state index >= 15 is 0 Å². The SMILES string of the molecule is N#C[C@]12C(=O)N=C(N)[C@H](C(=O)N[C@@H]1c1ccccc1)[C@H]2c1ccccc1. The van der Waals surface area contributed by atoms with Crippen molar-refractivity contribution in [3.05, 3.63) is 71.8 Å². The van der Waals surface area contributed by atoms with Gasteiger partial charge < -0.3 is 11.1 Å². The van der Waals surface area contributed by atoms with Crippen LogP contribution in [0.2, 0.25) is 0 Å². The molecule has 6 heteroatoms. The Morgan fingerprint density at radius 2 is 1.58 bits per heavy atom. The number of benzene rings is 2. The van der Waals surface area contributed by atoms with E-state index in [2.05, 4.69) is 16.4 Å². The van der Waals surface area contributed by atoms with Gasteiger partial charge >= 0.3 is 0 Å². The molecule has 3 N–H and O–H groups in total. The van der Waals surface area contributed by atoms with Crippen LogP contribution in [0.25, 0.3) is 0 Å². The van der Waals surface area contributed by atoms with Crippen LogP contribution in [0.4, 0.5) is 0 Å². The molecule has 2 aromatic rings. The zero-order valence-electron chi connectivity index (χ0n) is 13.8. The second-order valence-electron chi connectivity index (χ2n) is 6.54. The Morgan fingerprint density at radius 3 is 2.15 bits per heavy atom. The summed E-state index contributed by atoms with van der Waals surface area (Å²) in [7, 11) is 0. The second-order valence-corrected chi connectivity index (χ2v) is 6.54. The first-order valence-electron chi connectivity index (χ1n) is 8.29. The molecule has 0 aromatic heterocycles. The lowest BCUT2D eigenvalue weighted by Crippen LogP contribution is -2.63. The molecule has 4 rings (SSSR count). The number of carbonyl (C=O) groups excluding carboxylic acids is 2. The van der Waals surface area contributed by atoms with Crippen LogP contribution in [0.5, 0.6) is 0 Å². The minimum Gasteiger partial charge on any atom is -0.386 e. The molecule has 2 aromatic carbocycles. The van der Waals surface area contributed by atoms with Gasteiger partial charge in [0.05, 0.1) is 12.1 Å². The standard InChI is InChI=1S/C20H16N4O2/c21-11-20-15(12-7-3-1-4-8-12)14(17(22)24-19(20)26)18(25)23-16(20)13-9-5-2-6-10-13/h1-10,14-16H,(H,23,25)(H2,22,24,26)/t14-,15-,16-,20-/m1/s1. The highest BCUT2D eigenvalue weighted by atomic mass is 16.2. The molecule has 4 atom stereocenters. The average Bonchev–Trinajstić information content (AvgIpc) is 2.67. The summed E-state index contributed by atoms with van der Waals surface area (Å²) in [6.07, 6.45) is 0. The second kappa shape index (κ2) is 5.81. The fourth-order valence-electron chi connectivity index (χ4n) is 4.07. The predicted molar refractivity (Wildman–Crippen MR) is 94.7 cm³/mol. The summed E-state index contributed by atoms with van der Waals surface area (Å²) in [6.45, 7) is 0. The third kappa shape index (κ3) is 2.07. The number of hydrogen-bond acceptors (Lipinski definition) is 4. The molecular formula is C20H16N4O2. The molecule has 6 nitrogen and oxygen atoms in total. The lowest BCUT2D eigenvalue weighted by molar-refractivity contribution is -0.138. The molecule has 0 unspecified atom stereocenters. The molecule has 0 aliphatic carbocycles. The molecule has 2 aliphatic heterocycles. The molecule has 1 fully saturated rings. The maximum absolute atomic E-state index is 13.0. The van der Waals surface area contributed by atoms with Crippen LogP contribution < -0.4 is 11.1 Å². The number of fused-ring (bicyclic) bond motifs is 2. The van der Waals surface area contributed by atoms with Gasteiger partial charge in [-0.05, 0) is 11.1 Å². The Hall–Kier alpha value is -3.46. The zero-order chi connectivity index (χ0) is 18.3. The molecule has 0 spiro atoms. The van der Waals surface area contributed by atoms with Gasteiger partial charge in [-0.1, -0.05) is 60.7 Å². The van der Waals surface area contributed by atoms with Crippen LogP contribution in [-0.2, 0) is 9.59 Å². The smallest absolute Gasteiger partial charge is 0.270 e. The maximum atomic E-state index is 13.0. The number of amides is 2. The summed E-state index contributed by atoms with van der Waals surface area (Å²) < 4.78 is 0. The number of aliphatic imine (C=N–C) groups is 1. The number of carbonyl (C=O) groups is 2. The number of nitriles is 1. The van der Waals surface area contributed by atoms with E-state index in [9.17, 15) is 14.9 Å². The quantitative estimate of drug-likeness (QED) is 0.863. The van der Waals surface area contributed by atoms with E-state index in [0.717, 1.165) is 5.56 Å². The van der Waals surface area contributed by atoms with Gasteiger partial charge in [-0.2, -0.15) is 10.3 Å². The van der Waals surface area contributed by atoms with Gasteiger partial charge in [0.25, 0.3) is 5.91 Å². The summed E-state index contributed by atoms with van der Waals surface area (Å²) in [5.41, 5.74) is 5.81. The van der Waals surface area contributed by atoms with Gasteiger partial charge in [-0.25, -0.2) is 0 Å². The third-order valence-corrected chi connectivity index (χ3v) is 5.23. The van der Waals surface area contributed by atoms with Gasteiger partial charge in [0.15, 0.2) is 5.41 Å². The Kier molecular flexibility index (Phi) is 3.58. The first-order valence-corrected chi connectivity index (χ1v) is 8.29. The molecule has 26 heavy (non-hydrogen) atoms. The number of rotatable bonds is 2. The number of piperidine rings is 1. The summed E-state index contributed by atoms with van der Waals surface area (Å²) in [5, 5.41) is 13.0. The van der Waals surface area contributed by atoms with E-state index in [1.54, 1.807) is 24.3 Å². The van der Waals surface area contributed by atoms with Crippen molar-refractivity contribution in [2.45, 2.75) is 12.0 Å². The molecule has 1 saturated heterocycles. The van der Waals surface area contributed by atoms with Crippen molar-refractivity contribution in [1.82, 2.24) is 5.32 Å². The van der Waals surface area contributed by atoms with Crippen LogP contribution in [0.1, 0.15) is 23.1 Å². The molecule has 2 heterocycles. The van der Waals surface area contributed by atoms with Crippen LogP contribution >= 0.6 is 0 Å². The fourth-order valence-corrected chi connectivity index (χ4v) is 4.07. The monoisotopic (exact) mass is 344 g/mol. The average molecular weight is 344 g/mol. The highest BCUT2D eigenvalue weighted by Gasteiger charge is 2.64.